The zero-order chi connectivity index (χ0) is 15.7. The van der Waals surface area contributed by atoms with Gasteiger partial charge in [0.05, 0.1) is 6.04 Å². The molecule has 1 atom stereocenters. The second kappa shape index (κ2) is 5.99. The summed E-state index contributed by atoms with van der Waals surface area (Å²) in [7, 11) is 1.85. The number of nitrogens with one attached hydrogen (secondary N) is 1. The van der Waals surface area contributed by atoms with Gasteiger partial charge in [-0.25, -0.2) is 4.79 Å². The predicted octanol–water partition coefficient (Wildman–Crippen LogP) is 1.42. The van der Waals surface area contributed by atoms with Crippen molar-refractivity contribution in [1.29, 1.82) is 0 Å². The number of benzene rings is 1. The molecule has 5 heteroatoms. The van der Waals surface area contributed by atoms with E-state index in [2.05, 4.69) is 17.4 Å². The molecule has 118 valence electrons. The van der Waals surface area contributed by atoms with Crippen LogP contribution < -0.4 is 5.32 Å². The highest BCUT2D eigenvalue weighted by molar-refractivity contribution is 5.81. The van der Waals surface area contributed by atoms with Gasteiger partial charge in [-0.1, -0.05) is 24.3 Å². The van der Waals surface area contributed by atoms with Crippen molar-refractivity contribution in [3.8, 4) is 0 Å². The van der Waals surface area contributed by atoms with Crippen LogP contribution in [0.15, 0.2) is 24.3 Å². The molecule has 1 aromatic carbocycles. The molecule has 1 aliphatic heterocycles. The molecule has 3 rings (SSSR count). The molecule has 1 N–H and O–H groups in total. The van der Waals surface area contributed by atoms with Gasteiger partial charge in [0.15, 0.2) is 0 Å². The Kier molecular flexibility index (Phi) is 4.05. The molecule has 0 bridgehead atoms. The standard InChI is InChI=1S/C17H23N3O2/c1-3-20-11-14(10-16(20)21)18-17(22)19(2)15-8-12-6-4-5-7-13(12)9-15/h4-7,14-15H,3,8-11H2,1-2H3,(H,18,22). The van der Waals surface area contributed by atoms with E-state index in [1.807, 2.05) is 26.1 Å². The van der Waals surface area contributed by atoms with Crippen molar-refractivity contribution < 1.29 is 9.59 Å². The minimum atomic E-state index is -0.0754. The molecule has 3 amide bonds. The molecule has 5 nitrogen and oxygen atoms in total. The fourth-order valence-electron chi connectivity index (χ4n) is 3.43. The third kappa shape index (κ3) is 2.80. The fourth-order valence-corrected chi connectivity index (χ4v) is 3.43. The number of likely N-dealkylation sites (tertiary alicyclic amines) is 1. The number of hydrogen-bond donors (Lipinski definition) is 1. The quantitative estimate of drug-likeness (QED) is 0.918. The molecule has 1 aromatic rings. The molecule has 0 spiro atoms. The van der Waals surface area contributed by atoms with Crippen LogP contribution in [0.1, 0.15) is 24.5 Å². The van der Waals surface area contributed by atoms with Gasteiger partial charge in [-0.2, -0.15) is 0 Å². The summed E-state index contributed by atoms with van der Waals surface area (Å²) in [5.41, 5.74) is 2.67. The Morgan fingerprint density at radius 2 is 1.91 bits per heavy atom. The number of amides is 3. The first-order chi connectivity index (χ1) is 10.6. The summed E-state index contributed by atoms with van der Waals surface area (Å²) in [4.78, 5) is 27.7. The maximum absolute atomic E-state index is 12.4. The minimum absolute atomic E-state index is 0.0637. The molecule has 0 radical (unpaired) electrons. The number of carbonyl (C=O) groups is 2. The Bertz CT molecular complexity index is 562. The summed E-state index contributed by atoms with van der Waals surface area (Å²) < 4.78 is 0. The Hall–Kier alpha value is -2.04. The summed E-state index contributed by atoms with van der Waals surface area (Å²) in [5.74, 6) is 0.128. The lowest BCUT2D eigenvalue weighted by molar-refractivity contribution is -0.127. The molecule has 0 aromatic heterocycles. The molecule has 0 saturated carbocycles. The van der Waals surface area contributed by atoms with E-state index < -0.39 is 0 Å². The van der Waals surface area contributed by atoms with E-state index in [-0.39, 0.29) is 24.0 Å². The van der Waals surface area contributed by atoms with Crippen LogP contribution in [0.5, 0.6) is 0 Å². The van der Waals surface area contributed by atoms with Crippen LogP contribution in [-0.4, -0.2) is 54.0 Å². The minimum Gasteiger partial charge on any atom is -0.341 e. The second-order valence-electron chi connectivity index (χ2n) is 6.22. The first kappa shape index (κ1) is 14.9. The van der Waals surface area contributed by atoms with Gasteiger partial charge < -0.3 is 15.1 Å². The van der Waals surface area contributed by atoms with Gasteiger partial charge in [0.2, 0.25) is 5.91 Å². The van der Waals surface area contributed by atoms with Gasteiger partial charge in [0.25, 0.3) is 0 Å². The summed E-state index contributed by atoms with van der Waals surface area (Å²) in [5, 5.41) is 3.00. The summed E-state index contributed by atoms with van der Waals surface area (Å²) in [6.07, 6.45) is 2.23. The van der Waals surface area contributed by atoms with E-state index >= 15 is 0 Å². The number of rotatable bonds is 3. The van der Waals surface area contributed by atoms with Crippen molar-refractivity contribution in [2.24, 2.45) is 0 Å². The molecule has 22 heavy (non-hydrogen) atoms. The molecule has 2 aliphatic rings. The molecule has 1 saturated heterocycles. The Morgan fingerprint density at radius 3 is 2.45 bits per heavy atom. The average molecular weight is 301 g/mol. The predicted molar refractivity (Wildman–Crippen MR) is 84.6 cm³/mol. The van der Waals surface area contributed by atoms with Gasteiger partial charge in [0.1, 0.15) is 0 Å². The van der Waals surface area contributed by atoms with Crippen LogP contribution in [0.3, 0.4) is 0 Å². The van der Waals surface area contributed by atoms with Crippen molar-refractivity contribution in [3.63, 3.8) is 0 Å². The largest absolute Gasteiger partial charge is 0.341 e. The summed E-state index contributed by atoms with van der Waals surface area (Å²) in [6, 6.07) is 8.43. The van der Waals surface area contributed by atoms with Crippen molar-refractivity contribution in [2.45, 2.75) is 38.3 Å². The normalized spacial score (nSPS) is 21.1. The van der Waals surface area contributed by atoms with Crippen LogP contribution in [0, 0.1) is 0 Å². The number of urea groups is 1. The van der Waals surface area contributed by atoms with E-state index in [1.54, 1.807) is 9.80 Å². The third-order valence-corrected chi connectivity index (χ3v) is 4.82. The monoisotopic (exact) mass is 301 g/mol. The topological polar surface area (TPSA) is 52.7 Å². The van der Waals surface area contributed by atoms with E-state index in [1.165, 1.54) is 11.1 Å². The number of likely N-dealkylation sites (N-methyl/N-ethyl adjacent to an activating group) is 2. The maximum atomic E-state index is 12.4. The Morgan fingerprint density at radius 1 is 1.27 bits per heavy atom. The van der Waals surface area contributed by atoms with E-state index in [0.29, 0.717) is 19.5 Å². The molecule has 1 aliphatic carbocycles. The number of hydrogen-bond acceptors (Lipinski definition) is 2. The Labute approximate surface area is 131 Å². The van der Waals surface area contributed by atoms with Crippen LogP contribution in [0.25, 0.3) is 0 Å². The highest BCUT2D eigenvalue weighted by Crippen LogP contribution is 2.24. The van der Waals surface area contributed by atoms with Crippen molar-refractivity contribution in [1.82, 2.24) is 15.1 Å². The van der Waals surface area contributed by atoms with Gasteiger partial charge in [-0.15, -0.1) is 0 Å². The van der Waals surface area contributed by atoms with Crippen molar-refractivity contribution in [2.75, 3.05) is 20.1 Å². The van der Waals surface area contributed by atoms with Crippen LogP contribution >= 0.6 is 0 Å². The second-order valence-corrected chi connectivity index (χ2v) is 6.22. The van der Waals surface area contributed by atoms with Gasteiger partial charge >= 0.3 is 6.03 Å². The molecular weight excluding hydrogens is 278 g/mol. The molecular formula is C17H23N3O2. The molecule has 1 unspecified atom stereocenters. The van der Waals surface area contributed by atoms with Crippen molar-refractivity contribution in [3.05, 3.63) is 35.4 Å². The van der Waals surface area contributed by atoms with Gasteiger partial charge in [0, 0.05) is 32.6 Å². The third-order valence-electron chi connectivity index (χ3n) is 4.82. The lowest BCUT2D eigenvalue weighted by Crippen LogP contribution is -2.48. The first-order valence-corrected chi connectivity index (χ1v) is 7.96. The average Bonchev–Trinajstić information content (AvgIpc) is 3.09. The summed E-state index contributed by atoms with van der Waals surface area (Å²) >= 11 is 0. The zero-order valence-electron chi connectivity index (χ0n) is 13.2. The van der Waals surface area contributed by atoms with Gasteiger partial charge in [-0.3, -0.25) is 4.79 Å². The van der Waals surface area contributed by atoms with Gasteiger partial charge in [-0.05, 0) is 30.9 Å². The summed E-state index contributed by atoms with van der Waals surface area (Å²) in [6.45, 7) is 3.29. The highest BCUT2D eigenvalue weighted by Gasteiger charge is 2.32. The van der Waals surface area contributed by atoms with Crippen molar-refractivity contribution >= 4 is 11.9 Å². The molecule has 1 fully saturated rings. The van der Waals surface area contributed by atoms with Crippen LogP contribution in [0.4, 0.5) is 4.79 Å². The fraction of sp³-hybridized carbons (Fsp3) is 0.529. The first-order valence-electron chi connectivity index (χ1n) is 7.96. The molecule has 1 heterocycles. The smallest absolute Gasteiger partial charge is 0.317 e. The van der Waals surface area contributed by atoms with E-state index in [0.717, 1.165) is 12.8 Å². The van der Waals surface area contributed by atoms with Crippen LogP contribution in [0.2, 0.25) is 0 Å². The van der Waals surface area contributed by atoms with Crippen LogP contribution in [-0.2, 0) is 17.6 Å². The maximum Gasteiger partial charge on any atom is 0.317 e. The lowest BCUT2D eigenvalue weighted by Gasteiger charge is -2.26. The zero-order valence-corrected chi connectivity index (χ0v) is 13.2. The van der Waals surface area contributed by atoms with E-state index in [9.17, 15) is 9.59 Å². The number of nitrogens with zero attached hydrogens (tertiary/aromatic N) is 2. The number of fused-ring (bicyclic) bond motifs is 1. The number of carbonyl (C=O) groups excluding carboxylic acids is 2. The highest BCUT2D eigenvalue weighted by atomic mass is 16.2. The van der Waals surface area contributed by atoms with E-state index in [4.69, 9.17) is 0 Å². The SMILES string of the molecule is CCN1CC(NC(=O)N(C)C2Cc3ccccc3C2)CC1=O. The Balaban J connectivity index is 1.56. The lowest BCUT2D eigenvalue weighted by atomic mass is 10.1.